The second kappa shape index (κ2) is 11.7. The van der Waals surface area contributed by atoms with Crippen molar-refractivity contribution >= 4 is 29.1 Å². The summed E-state index contributed by atoms with van der Waals surface area (Å²) in [5, 5.41) is 5.07. The minimum atomic E-state index is -4.55. The van der Waals surface area contributed by atoms with E-state index >= 15 is 0 Å². The van der Waals surface area contributed by atoms with Crippen LogP contribution in [0.5, 0.6) is 5.75 Å². The number of amides is 3. The molecule has 0 aliphatic carbocycles. The number of piperazine rings is 2. The fraction of sp³-hybridized carbons (Fsp3) is 0.423. The molecule has 38 heavy (non-hydrogen) atoms. The molecular formula is C26H30F3N5O4. The van der Waals surface area contributed by atoms with E-state index in [-0.39, 0.29) is 37.6 Å². The highest BCUT2D eigenvalue weighted by Crippen LogP contribution is 2.30. The van der Waals surface area contributed by atoms with E-state index in [1.54, 1.807) is 7.11 Å². The number of rotatable bonds is 7. The minimum Gasteiger partial charge on any atom is -0.497 e. The van der Waals surface area contributed by atoms with Crippen LogP contribution in [0.4, 0.5) is 24.5 Å². The first-order valence-corrected chi connectivity index (χ1v) is 12.3. The number of carbonyl (C=O) groups excluding carboxylic acids is 3. The number of methoxy groups -OCH3 is 1. The summed E-state index contributed by atoms with van der Waals surface area (Å²) in [4.78, 5) is 44.0. The Hall–Kier alpha value is -3.80. The van der Waals surface area contributed by atoms with Crippen LogP contribution in [-0.4, -0.2) is 86.5 Å². The zero-order valence-electron chi connectivity index (χ0n) is 21.0. The lowest BCUT2D eigenvalue weighted by atomic mass is 10.1. The van der Waals surface area contributed by atoms with Gasteiger partial charge in [0.15, 0.2) is 0 Å². The van der Waals surface area contributed by atoms with Crippen molar-refractivity contribution in [2.75, 3.05) is 63.1 Å². The number of halogens is 3. The molecule has 2 aromatic rings. The van der Waals surface area contributed by atoms with Crippen LogP contribution in [0.25, 0.3) is 0 Å². The van der Waals surface area contributed by atoms with E-state index in [1.807, 2.05) is 29.2 Å². The lowest BCUT2D eigenvalue weighted by molar-refractivity contribution is -0.145. The van der Waals surface area contributed by atoms with Gasteiger partial charge in [0.1, 0.15) is 11.8 Å². The molecule has 2 aliphatic rings. The molecule has 0 radical (unpaired) electrons. The minimum absolute atomic E-state index is 0.0344. The fourth-order valence-corrected chi connectivity index (χ4v) is 4.63. The molecule has 2 saturated heterocycles. The van der Waals surface area contributed by atoms with Crippen LogP contribution in [0.3, 0.4) is 0 Å². The van der Waals surface area contributed by atoms with Crippen molar-refractivity contribution < 1.29 is 32.3 Å². The number of alkyl halides is 3. The maximum Gasteiger partial charge on any atom is 0.416 e. The molecule has 2 heterocycles. The van der Waals surface area contributed by atoms with Crippen molar-refractivity contribution in [1.82, 2.24) is 15.1 Å². The molecule has 9 nitrogen and oxygen atoms in total. The summed E-state index contributed by atoms with van der Waals surface area (Å²) < 4.78 is 44.2. The van der Waals surface area contributed by atoms with Gasteiger partial charge < -0.3 is 25.2 Å². The Balaban J connectivity index is 1.33. The Labute approximate surface area is 218 Å². The summed E-state index contributed by atoms with van der Waals surface area (Å²) >= 11 is 0. The summed E-state index contributed by atoms with van der Waals surface area (Å²) in [5.41, 5.74) is 0.108. The van der Waals surface area contributed by atoms with E-state index in [0.717, 1.165) is 23.6 Å². The third-order valence-corrected chi connectivity index (χ3v) is 6.65. The van der Waals surface area contributed by atoms with Gasteiger partial charge in [0, 0.05) is 56.7 Å². The van der Waals surface area contributed by atoms with Crippen LogP contribution in [0, 0.1) is 0 Å². The van der Waals surface area contributed by atoms with Gasteiger partial charge in [-0.15, -0.1) is 0 Å². The number of hydrogen-bond donors (Lipinski definition) is 2. The number of benzene rings is 2. The first-order valence-electron chi connectivity index (χ1n) is 12.3. The van der Waals surface area contributed by atoms with E-state index in [1.165, 1.54) is 17.0 Å². The van der Waals surface area contributed by atoms with Crippen LogP contribution in [0.1, 0.15) is 12.0 Å². The summed E-state index contributed by atoms with van der Waals surface area (Å²) in [6.07, 6.45) is -4.91. The van der Waals surface area contributed by atoms with Gasteiger partial charge >= 0.3 is 6.18 Å². The normalized spacial score (nSPS) is 18.6. The Morgan fingerprint density at radius 1 is 1.05 bits per heavy atom. The molecule has 1 atom stereocenters. The SMILES string of the molecule is COc1cccc(N2CCN(CC(=O)N3CCNC(=O)C3CC(=O)Nc3cccc(C(F)(F)F)c3)CC2)c1. The Kier molecular flexibility index (Phi) is 8.40. The molecule has 4 rings (SSSR count). The van der Waals surface area contributed by atoms with Gasteiger partial charge in [0.2, 0.25) is 17.7 Å². The summed E-state index contributed by atoms with van der Waals surface area (Å²) in [6, 6.07) is 11.0. The van der Waals surface area contributed by atoms with Gasteiger partial charge in [-0.3, -0.25) is 19.3 Å². The molecule has 3 amide bonds. The third kappa shape index (κ3) is 6.74. The van der Waals surface area contributed by atoms with E-state index < -0.39 is 29.6 Å². The molecule has 12 heteroatoms. The second-order valence-corrected chi connectivity index (χ2v) is 9.19. The van der Waals surface area contributed by atoms with Gasteiger partial charge in [-0.2, -0.15) is 13.2 Å². The van der Waals surface area contributed by atoms with E-state index in [2.05, 4.69) is 15.5 Å². The molecule has 0 spiro atoms. The molecule has 2 N–H and O–H groups in total. The fourth-order valence-electron chi connectivity index (χ4n) is 4.63. The quantitative estimate of drug-likeness (QED) is 0.567. The average molecular weight is 534 g/mol. The van der Waals surface area contributed by atoms with Crippen molar-refractivity contribution in [3.63, 3.8) is 0 Å². The van der Waals surface area contributed by atoms with Gasteiger partial charge in [-0.05, 0) is 30.3 Å². The highest BCUT2D eigenvalue weighted by Gasteiger charge is 2.36. The van der Waals surface area contributed by atoms with Crippen LogP contribution < -0.4 is 20.3 Å². The van der Waals surface area contributed by atoms with Gasteiger partial charge in [-0.1, -0.05) is 12.1 Å². The molecule has 204 valence electrons. The summed E-state index contributed by atoms with van der Waals surface area (Å²) in [6.45, 7) is 3.32. The highest BCUT2D eigenvalue weighted by atomic mass is 19.4. The first kappa shape index (κ1) is 27.2. The predicted octanol–water partition coefficient (Wildman–Crippen LogP) is 2.19. The zero-order chi connectivity index (χ0) is 27.3. The summed E-state index contributed by atoms with van der Waals surface area (Å²) in [5.74, 6) is -0.624. The smallest absolute Gasteiger partial charge is 0.416 e. The van der Waals surface area contributed by atoms with Crippen molar-refractivity contribution in [1.29, 1.82) is 0 Å². The largest absolute Gasteiger partial charge is 0.497 e. The number of hydrogen-bond acceptors (Lipinski definition) is 6. The van der Waals surface area contributed by atoms with Crippen molar-refractivity contribution in [3.8, 4) is 5.75 Å². The number of anilines is 2. The highest BCUT2D eigenvalue weighted by molar-refractivity contribution is 5.97. The lowest BCUT2D eigenvalue weighted by Gasteiger charge is -2.39. The molecule has 0 aromatic heterocycles. The maximum atomic E-state index is 13.2. The number of nitrogens with zero attached hydrogens (tertiary/aromatic N) is 3. The van der Waals surface area contributed by atoms with Crippen LogP contribution in [0.2, 0.25) is 0 Å². The van der Waals surface area contributed by atoms with Crippen molar-refractivity contribution in [2.24, 2.45) is 0 Å². The molecule has 2 fully saturated rings. The predicted molar refractivity (Wildman–Crippen MR) is 135 cm³/mol. The van der Waals surface area contributed by atoms with E-state index in [4.69, 9.17) is 4.74 Å². The van der Waals surface area contributed by atoms with Crippen LogP contribution in [0.15, 0.2) is 48.5 Å². The number of nitrogens with one attached hydrogen (secondary N) is 2. The molecule has 2 aromatic carbocycles. The standard InChI is InChI=1S/C26H30F3N5O4/c1-38-21-7-3-6-20(15-21)33-12-10-32(11-13-33)17-24(36)34-9-8-30-25(37)22(34)16-23(35)31-19-5-2-4-18(14-19)26(27,28)29/h2-7,14-15,22H,8-13,16-17H2,1H3,(H,30,37)(H,31,35). The van der Waals surface area contributed by atoms with Crippen molar-refractivity contribution in [3.05, 3.63) is 54.1 Å². The van der Waals surface area contributed by atoms with Gasteiger partial charge in [-0.25, -0.2) is 0 Å². The first-order chi connectivity index (χ1) is 18.1. The van der Waals surface area contributed by atoms with Crippen molar-refractivity contribution in [2.45, 2.75) is 18.6 Å². The van der Waals surface area contributed by atoms with Gasteiger partial charge in [0.05, 0.1) is 25.6 Å². The number of ether oxygens (including phenoxy) is 1. The third-order valence-electron chi connectivity index (χ3n) is 6.65. The Morgan fingerprint density at radius 3 is 2.50 bits per heavy atom. The molecular weight excluding hydrogens is 503 g/mol. The van der Waals surface area contributed by atoms with Crippen LogP contribution >= 0.6 is 0 Å². The Morgan fingerprint density at radius 2 is 1.79 bits per heavy atom. The van der Waals surface area contributed by atoms with Gasteiger partial charge in [0.25, 0.3) is 0 Å². The molecule has 2 aliphatic heterocycles. The van der Waals surface area contributed by atoms with Crippen LogP contribution in [-0.2, 0) is 20.6 Å². The lowest BCUT2D eigenvalue weighted by Crippen LogP contribution is -2.60. The molecule has 1 unspecified atom stereocenters. The topological polar surface area (TPSA) is 94.2 Å². The summed E-state index contributed by atoms with van der Waals surface area (Å²) in [7, 11) is 1.62. The Bertz CT molecular complexity index is 1170. The number of carbonyl (C=O) groups is 3. The average Bonchev–Trinajstić information content (AvgIpc) is 2.90. The molecule has 0 saturated carbocycles. The zero-order valence-corrected chi connectivity index (χ0v) is 21.0. The monoisotopic (exact) mass is 533 g/mol. The van der Waals surface area contributed by atoms with E-state index in [9.17, 15) is 27.6 Å². The molecule has 0 bridgehead atoms. The van der Waals surface area contributed by atoms with E-state index in [0.29, 0.717) is 26.2 Å². The maximum absolute atomic E-state index is 13.2. The second-order valence-electron chi connectivity index (χ2n) is 9.19.